The number of hydrogen-bond acceptors (Lipinski definition) is 3. The maximum atomic E-state index is 10.0. The number of aliphatic hydroxyl groups is 1. The fourth-order valence-corrected chi connectivity index (χ4v) is 2.78. The van der Waals surface area contributed by atoms with Crippen molar-refractivity contribution in [3.05, 3.63) is 29.8 Å². The van der Waals surface area contributed by atoms with E-state index in [0.717, 1.165) is 17.7 Å². The third kappa shape index (κ3) is 5.08. The van der Waals surface area contributed by atoms with E-state index in [1.807, 2.05) is 24.3 Å². The van der Waals surface area contributed by atoms with E-state index in [1.165, 1.54) is 19.3 Å². The molecule has 0 bridgehead atoms. The lowest BCUT2D eigenvalue weighted by Gasteiger charge is -2.29. The second-order valence-electron chi connectivity index (χ2n) is 5.89. The highest BCUT2D eigenvalue weighted by atomic mass is 16.5. The van der Waals surface area contributed by atoms with Crippen LogP contribution in [0.2, 0.25) is 0 Å². The van der Waals surface area contributed by atoms with Crippen LogP contribution in [0.1, 0.15) is 38.2 Å². The average molecular weight is 287 g/mol. The first-order valence-corrected chi connectivity index (χ1v) is 7.79. The van der Waals surface area contributed by atoms with Crippen LogP contribution >= 0.6 is 0 Å². The summed E-state index contributed by atoms with van der Waals surface area (Å²) in [6.07, 6.45) is 10.1. The molecule has 1 saturated carbocycles. The van der Waals surface area contributed by atoms with E-state index in [9.17, 15) is 5.11 Å². The van der Waals surface area contributed by atoms with E-state index in [2.05, 4.69) is 18.2 Å². The van der Waals surface area contributed by atoms with E-state index < -0.39 is 6.10 Å². The van der Waals surface area contributed by atoms with Gasteiger partial charge >= 0.3 is 0 Å². The van der Waals surface area contributed by atoms with Crippen molar-refractivity contribution in [3.63, 3.8) is 0 Å². The Morgan fingerprint density at radius 3 is 3.00 bits per heavy atom. The summed E-state index contributed by atoms with van der Waals surface area (Å²) in [6, 6.07) is 7.63. The van der Waals surface area contributed by atoms with Gasteiger partial charge in [-0.1, -0.05) is 31.8 Å². The first-order valence-electron chi connectivity index (χ1n) is 7.79. The van der Waals surface area contributed by atoms with E-state index in [4.69, 9.17) is 11.2 Å². The average Bonchev–Trinajstić information content (AvgIpc) is 2.52. The molecule has 0 amide bonds. The molecule has 1 aromatic rings. The van der Waals surface area contributed by atoms with Gasteiger partial charge in [-0.2, -0.15) is 0 Å². The van der Waals surface area contributed by atoms with Gasteiger partial charge in [0, 0.05) is 17.8 Å². The first kappa shape index (κ1) is 15.9. The van der Waals surface area contributed by atoms with Crippen LogP contribution < -0.4 is 5.32 Å². The van der Waals surface area contributed by atoms with Gasteiger partial charge in [-0.25, -0.2) is 0 Å². The Morgan fingerprint density at radius 2 is 2.24 bits per heavy atom. The molecule has 0 radical (unpaired) electrons. The normalized spacial score (nSPS) is 23.3. The Kier molecular flexibility index (Phi) is 6.10. The molecule has 1 aliphatic rings. The third-order valence-corrected chi connectivity index (χ3v) is 4.11. The van der Waals surface area contributed by atoms with Crippen molar-refractivity contribution in [2.45, 2.75) is 44.8 Å². The van der Waals surface area contributed by atoms with Gasteiger partial charge < -0.3 is 15.2 Å². The van der Waals surface area contributed by atoms with Gasteiger partial charge in [0.2, 0.25) is 0 Å². The number of rotatable bonds is 6. The van der Waals surface area contributed by atoms with Crippen LogP contribution in [0.25, 0.3) is 0 Å². The molecule has 1 fully saturated rings. The Balaban J connectivity index is 1.71. The van der Waals surface area contributed by atoms with Gasteiger partial charge in [0.1, 0.15) is 0 Å². The number of nitrogens with one attached hydrogen (secondary N) is 1. The molecule has 2 N–H and O–H groups in total. The van der Waals surface area contributed by atoms with Crippen LogP contribution in [0.4, 0.5) is 5.69 Å². The molecule has 114 valence electrons. The lowest BCUT2D eigenvalue weighted by molar-refractivity contribution is -0.0424. The summed E-state index contributed by atoms with van der Waals surface area (Å²) in [5, 5.41) is 13.2. The fraction of sp³-hybridized carbons (Fsp3) is 0.556. The van der Waals surface area contributed by atoms with E-state index in [1.54, 1.807) is 0 Å². The van der Waals surface area contributed by atoms with Crippen LogP contribution in [0.15, 0.2) is 24.3 Å². The summed E-state index contributed by atoms with van der Waals surface area (Å²) in [5.41, 5.74) is 1.76. The molecule has 2 rings (SSSR count). The van der Waals surface area contributed by atoms with Crippen molar-refractivity contribution in [3.8, 4) is 12.3 Å². The van der Waals surface area contributed by atoms with Gasteiger partial charge in [-0.05, 0) is 37.0 Å². The highest BCUT2D eigenvalue weighted by molar-refractivity contribution is 5.49. The molecule has 0 heterocycles. The van der Waals surface area contributed by atoms with E-state index in [-0.39, 0.29) is 0 Å². The molecule has 3 heteroatoms. The zero-order valence-electron chi connectivity index (χ0n) is 12.7. The second kappa shape index (κ2) is 8.07. The molecule has 21 heavy (non-hydrogen) atoms. The molecular formula is C18H25NO2. The topological polar surface area (TPSA) is 41.5 Å². The van der Waals surface area contributed by atoms with E-state index >= 15 is 0 Å². The summed E-state index contributed by atoms with van der Waals surface area (Å²) < 4.78 is 5.87. The van der Waals surface area contributed by atoms with Gasteiger partial charge in [0.15, 0.2) is 0 Å². The largest absolute Gasteiger partial charge is 0.389 e. The predicted molar refractivity (Wildman–Crippen MR) is 86.2 cm³/mol. The second-order valence-corrected chi connectivity index (χ2v) is 5.89. The highest BCUT2D eigenvalue weighted by Crippen LogP contribution is 2.26. The number of ether oxygens (including phenoxy) is 1. The lowest BCUT2D eigenvalue weighted by atomic mass is 9.88. The molecule has 1 aliphatic carbocycles. The minimum atomic E-state index is -0.506. The van der Waals surface area contributed by atoms with Crippen molar-refractivity contribution in [1.29, 1.82) is 0 Å². The Morgan fingerprint density at radius 1 is 1.43 bits per heavy atom. The van der Waals surface area contributed by atoms with Crippen LogP contribution in [0.3, 0.4) is 0 Å². The van der Waals surface area contributed by atoms with Crippen LogP contribution in [-0.2, 0) is 4.74 Å². The summed E-state index contributed by atoms with van der Waals surface area (Å²) in [7, 11) is 0. The molecule has 3 nitrogen and oxygen atoms in total. The van der Waals surface area contributed by atoms with Crippen molar-refractivity contribution in [2.24, 2.45) is 5.92 Å². The smallest absolute Gasteiger partial charge is 0.0945 e. The zero-order valence-corrected chi connectivity index (χ0v) is 12.7. The first-order chi connectivity index (χ1) is 10.2. The summed E-state index contributed by atoms with van der Waals surface area (Å²) in [5.74, 6) is 3.20. The number of hydrogen-bond donors (Lipinski definition) is 2. The number of anilines is 1. The minimum absolute atomic E-state index is 0.304. The van der Waals surface area contributed by atoms with Crippen LogP contribution in [0.5, 0.6) is 0 Å². The van der Waals surface area contributed by atoms with Gasteiger partial charge in [-0.15, -0.1) is 6.42 Å². The third-order valence-electron chi connectivity index (χ3n) is 4.11. The molecule has 3 atom stereocenters. The van der Waals surface area contributed by atoms with Crippen molar-refractivity contribution < 1.29 is 9.84 Å². The SMILES string of the molecule is C#Cc1cccc(NCC(O)COC2CCCCC2C)c1. The summed E-state index contributed by atoms with van der Waals surface area (Å²) in [6.45, 7) is 3.09. The van der Waals surface area contributed by atoms with E-state index in [0.29, 0.717) is 25.2 Å². The van der Waals surface area contributed by atoms with Crippen molar-refractivity contribution >= 4 is 5.69 Å². The van der Waals surface area contributed by atoms with Gasteiger partial charge in [-0.3, -0.25) is 0 Å². The Hall–Kier alpha value is -1.50. The van der Waals surface area contributed by atoms with Crippen LogP contribution in [0, 0.1) is 18.3 Å². The van der Waals surface area contributed by atoms with Crippen molar-refractivity contribution in [1.82, 2.24) is 0 Å². The standard InChI is InChI=1S/C18H25NO2/c1-3-15-8-6-9-16(11-15)19-12-17(20)13-21-18-10-5-4-7-14(18)2/h1,6,8-9,11,14,17-20H,4-5,7,10,12-13H2,2H3. The zero-order chi connectivity index (χ0) is 15.1. The Bertz CT molecular complexity index is 480. The van der Waals surface area contributed by atoms with Crippen LogP contribution in [-0.4, -0.2) is 30.5 Å². The molecule has 0 aliphatic heterocycles. The summed E-state index contributed by atoms with van der Waals surface area (Å²) >= 11 is 0. The van der Waals surface area contributed by atoms with Gasteiger partial charge in [0.25, 0.3) is 0 Å². The minimum Gasteiger partial charge on any atom is -0.389 e. The maximum absolute atomic E-state index is 10.0. The number of terminal acetylenes is 1. The molecular weight excluding hydrogens is 262 g/mol. The maximum Gasteiger partial charge on any atom is 0.0945 e. The molecule has 0 spiro atoms. The predicted octanol–water partition coefficient (Wildman–Crippen LogP) is 3.04. The molecule has 3 unspecified atom stereocenters. The van der Waals surface area contributed by atoms with Crippen molar-refractivity contribution in [2.75, 3.05) is 18.5 Å². The van der Waals surface area contributed by atoms with Gasteiger partial charge in [0.05, 0.1) is 18.8 Å². The number of aliphatic hydroxyl groups excluding tert-OH is 1. The monoisotopic (exact) mass is 287 g/mol. The summed E-state index contributed by atoms with van der Waals surface area (Å²) in [4.78, 5) is 0. The quantitative estimate of drug-likeness (QED) is 0.790. The molecule has 1 aromatic carbocycles. The molecule has 0 saturated heterocycles. The fourth-order valence-electron chi connectivity index (χ4n) is 2.78. The molecule has 0 aromatic heterocycles. The highest BCUT2D eigenvalue weighted by Gasteiger charge is 2.22. The number of benzene rings is 1. The Labute approximate surface area is 127 Å². The lowest BCUT2D eigenvalue weighted by Crippen LogP contribution is -2.32.